The minimum absolute atomic E-state index is 0.0366. The summed E-state index contributed by atoms with van der Waals surface area (Å²) in [6.07, 6.45) is 0.874. The smallest absolute Gasteiger partial charge is 0.241 e. The lowest BCUT2D eigenvalue weighted by molar-refractivity contribution is -0.135. The fourth-order valence-corrected chi connectivity index (χ4v) is 5.08. The van der Waals surface area contributed by atoms with Crippen LogP contribution < -0.4 is 4.72 Å². The highest BCUT2D eigenvalue weighted by atomic mass is 32.2. The molecule has 1 fully saturated rings. The molecular weight excluding hydrogens is 401 g/mol. The Morgan fingerprint density at radius 1 is 1.36 bits per heavy atom. The standard InChI is InChI=1S/C19H24FN3O3S2/c1-13(2)19(24)23-9-8-16(22-28(25,26)12-20)17(23)10-15-11-27-18(21-15)14-6-4-3-5-7-14/h3-7,11,13,16-17,22H,8-10,12H2,1-2H3/t16-,17-/m0/s1. The zero-order valence-corrected chi connectivity index (χ0v) is 17.5. The van der Waals surface area contributed by atoms with Crippen LogP contribution in [0.2, 0.25) is 0 Å². The molecule has 2 aromatic rings. The Hall–Kier alpha value is -1.84. The van der Waals surface area contributed by atoms with Gasteiger partial charge in [-0.25, -0.2) is 22.5 Å². The Kier molecular flexibility index (Phi) is 6.47. The van der Waals surface area contributed by atoms with E-state index in [1.54, 1.807) is 4.90 Å². The molecule has 0 bridgehead atoms. The van der Waals surface area contributed by atoms with Crippen molar-refractivity contribution in [3.8, 4) is 10.6 Å². The molecular formula is C19H24FN3O3S2. The summed E-state index contributed by atoms with van der Waals surface area (Å²) >= 11 is 1.51. The van der Waals surface area contributed by atoms with E-state index in [1.807, 2.05) is 49.6 Å². The molecule has 0 radical (unpaired) electrons. The molecule has 2 atom stereocenters. The number of rotatable bonds is 7. The van der Waals surface area contributed by atoms with Crippen LogP contribution in [0.4, 0.5) is 4.39 Å². The van der Waals surface area contributed by atoms with Crippen LogP contribution in [0.15, 0.2) is 35.7 Å². The van der Waals surface area contributed by atoms with Crippen molar-refractivity contribution in [3.63, 3.8) is 0 Å². The first-order chi connectivity index (χ1) is 13.3. The van der Waals surface area contributed by atoms with E-state index in [1.165, 1.54) is 11.3 Å². The SMILES string of the molecule is CC(C)C(=O)N1CC[C@H](NS(=O)(=O)CF)[C@@H]1Cc1csc(-c2ccccc2)n1. The third kappa shape index (κ3) is 4.76. The van der Waals surface area contributed by atoms with Gasteiger partial charge in [0.05, 0.1) is 11.7 Å². The fraction of sp³-hybridized carbons (Fsp3) is 0.474. The number of benzene rings is 1. The molecule has 152 valence electrons. The summed E-state index contributed by atoms with van der Waals surface area (Å²) in [5.41, 5.74) is 1.80. The Labute approximate surface area is 168 Å². The van der Waals surface area contributed by atoms with Crippen LogP contribution in [0, 0.1) is 5.92 Å². The van der Waals surface area contributed by atoms with Crippen molar-refractivity contribution in [3.05, 3.63) is 41.4 Å². The third-order valence-corrected chi connectivity index (χ3v) is 6.68. The lowest BCUT2D eigenvalue weighted by Crippen LogP contribution is -2.49. The van der Waals surface area contributed by atoms with Crippen LogP contribution in [0.5, 0.6) is 0 Å². The number of nitrogens with zero attached hydrogens (tertiary/aromatic N) is 2. The maximum atomic E-state index is 12.8. The van der Waals surface area contributed by atoms with E-state index >= 15 is 0 Å². The molecule has 0 aliphatic carbocycles. The van der Waals surface area contributed by atoms with Crippen LogP contribution in [0.3, 0.4) is 0 Å². The third-order valence-electron chi connectivity index (χ3n) is 4.79. The molecule has 1 aromatic heterocycles. The van der Waals surface area contributed by atoms with Crippen LogP contribution in [-0.2, 0) is 21.2 Å². The van der Waals surface area contributed by atoms with Gasteiger partial charge in [0.15, 0.2) is 0 Å². The van der Waals surface area contributed by atoms with Crippen molar-refractivity contribution >= 4 is 27.3 Å². The quantitative estimate of drug-likeness (QED) is 0.740. The average molecular weight is 426 g/mol. The van der Waals surface area contributed by atoms with E-state index in [0.717, 1.165) is 16.3 Å². The van der Waals surface area contributed by atoms with Crippen molar-refractivity contribution in [2.24, 2.45) is 5.92 Å². The number of hydrogen-bond donors (Lipinski definition) is 1. The number of alkyl halides is 1. The number of hydrogen-bond acceptors (Lipinski definition) is 5. The topological polar surface area (TPSA) is 79.4 Å². The normalized spacial score (nSPS) is 20.1. The first-order valence-corrected chi connectivity index (χ1v) is 11.7. The fourth-order valence-electron chi connectivity index (χ4n) is 3.44. The first-order valence-electron chi connectivity index (χ1n) is 9.17. The number of carbonyl (C=O) groups is 1. The largest absolute Gasteiger partial charge is 0.337 e. The summed E-state index contributed by atoms with van der Waals surface area (Å²) < 4.78 is 38.7. The molecule has 1 amide bonds. The molecule has 3 rings (SSSR count). The predicted molar refractivity (Wildman–Crippen MR) is 108 cm³/mol. The van der Waals surface area contributed by atoms with Gasteiger partial charge in [-0.1, -0.05) is 44.2 Å². The second kappa shape index (κ2) is 8.67. The predicted octanol–water partition coefficient (Wildman–Crippen LogP) is 2.82. The van der Waals surface area contributed by atoms with Gasteiger partial charge in [0.2, 0.25) is 21.9 Å². The zero-order chi connectivity index (χ0) is 20.3. The number of amides is 1. The highest BCUT2D eigenvalue weighted by Crippen LogP contribution is 2.28. The van der Waals surface area contributed by atoms with Crippen molar-refractivity contribution in [2.45, 2.75) is 38.8 Å². The van der Waals surface area contributed by atoms with Gasteiger partial charge >= 0.3 is 0 Å². The van der Waals surface area contributed by atoms with Crippen LogP contribution in [0.1, 0.15) is 26.0 Å². The van der Waals surface area contributed by atoms with Crippen molar-refractivity contribution in [2.75, 3.05) is 12.6 Å². The Bertz CT molecular complexity index is 916. The molecule has 0 spiro atoms. The Morgan fingerprint density at radius 2 is 2.07 bits per heavy atom. The maximum Gasteiger partial charge on any atom is 0.241 e. The molecule has 1 aliphatic rings. The maximum absolute atomic E-state index is 12.8. The highest BCUT2D eigenvalue weighted by molar-refractivity contribution is 7.89. The van der Waals surface area contributed by atoms with Crippen LogP contribution >= 0.6 is 11.3 Å². The number of thiazole rings is 1. The van der Waals surface area contributed by atoms with Crippen molar-refractivity contribution < 1.29 is 17.6 Å². The molecule has 0 unspecified atom stereocenters. The lowest BCUT2D eigenvalue weighted by atomic mass is 10.0. The summed E-state index contributed by atoms with van der Waals surface area (Å²) in [5.74, 6) is -0.236. The van der Waals surface area contributed by atoms with Gasteiger partial charge in [0.25, 0.3) is 0 Å². The van der Waals surface area contributed by atoms with Gasteiger partial charge in [-0.05, 0) is 6.42 Å². The average Bonchev–Trinajstić information content (AvgIpc) is 3.30. The molecule has 0 saturated carbocycles. The van der Waals surface area contributed by atoms with E-state index in [4.69, 9.17) is 0 Å². The minimum atomic E-state index is -4.01. The number of carbonyl (C=O) groups excluding carboxylic acids is 1. The van der Waals surface area contributed by atoms with Gasteiger partial charge in [-0.15, -0.1) is 11.3 Å². The summed E-state index contributed by atoms with van der Waals surface area (Å²) in [5, 5.41) is 2.80. The van der Waals surface area contributed by atoms with Crippen LogP contribution in [0.25, 0.3) is 10.6 Å². The molecule has 28 heavy (non-hydrogen) atoms. The summed E-state index contributed by atoms with van der Waals surface area (Å²) in [4.78, 5) is 19.0. The number of sulfonamides is 1. The summed E-state index contributed by atoms with van der Waals surface area (Å²) in [6.45, 7) is 4.07. The number of nitrogens with one attached hydrogen (secondary N) is 1. The highest BCUT2D eigenvalue weighted by Gasteiger charge is 2.39. The second-order valence-corrected chi connectivity index (χ2v) is 9.75. The number of halogens is 1. The van der Waals surface area contributed by atoms with E-state index in [2.05, 4.69) is 9.71 Å². The van der Waals surface area contributed by atoms with Crippen LogP contribution in [-0.4, -0.2) is 48.8 Å². The van der Waals surface area contributed by atoms with E-state index in [0.29, 0.717) is 19.4 Å². The molecule has 9 heteroatoms. The Morgan fingerprint density at radius 3 is 2.71 bits per heavy atom. The summed E-state index contributed by atoms with van der Waals surface area (Å²) in [6, 6.07) is 7.40. The lowest BCUT2D eigenvalue weighted by Gasteiger charge is -2.29. The molecule has 1 aliphatic heterocycles. The Balaban J connectivity index is 1.83. The second-order valence-electron chi connectivity index (χ2n) is 7.20. The molecule has 1 saturated heterocycles. The molecule has 1 N–H and O–H groups in total. The monoisotopic (exact) mass is 425 g/mol. The summed E-state index contributed by atoms with van der Waals surface area (Å²) in [7, 11) is -4.01. The molecule has 1 aromatic carbocycles. The zero-order valence-electron chi connectivity index (χ0n) is 15.8. The van der Waals surface area contributed by atoms with Gasteiger partial charge in [0, 0.05) is 35.9 Å². The van der Waals surface area contributed by atoms with Gasteiger partial charge < -0.3 is 4.90 Å². The van der Waals surface area contributed by atoms with Crippen molar-refractivity contribution in [1.29, 1.82) is 0 Å². The molecule has 2 heterocycles. The van der Waals surface area contributed by atoms with Gasteiger partial charge in [-0.3, -0.25) is 4.79 Å². The molecule has 6 nitrogen and oxygen atoms in total. The van der Waals surface area contributed by atoms with E-state index in [-0.39, 0.29) is 17.9 Å². The van der Waals surface area contributed by atoms with E-state index in [9.17, 15) is 17.6 Å². The minimum Gasteiger partial charge on any atom is -0.337 e. The van der Waals surface area contributed by atoms with Gasteiger partial charge in [-0.2, -0.15) is 0 Å². The number of aromatic nitrogens is 1. The van der Waals surface area contributed by atoms with E-state index < -0.39 is 22.1 Å². The number of likely N-dealkylation sites (tertiary alicyclic amines) is 1. The van der Waals surface area contributed by atoms with Crippen molar-refractivity contribution in [1.82, 2.24) is 14.6 Å². The van der Waals surface area contributed by atoms with Gasteiger partial charge in [0.1, 0.15) is 5.01 Å². The first kappa shape index (κ1) is 20.9.